The third-order valence-electron chi connectivity index (χ3n) is 6.38. The van der Waals surface area contributed by atoms with Crippen LogP contribution >= 0.6 is 22.9 Å². The lowest BCUT2D eigenvalue weighted by Crippen LogP contribution is -2.29. The molecule has 0 aliphatic carbocycles. The van der Waals surface area contributed by atoms with E-state index < -0.39 is 0 Å². The maximum absolute atomic E-state index is 13.6. The topological polar surface area (TPSA) is 81.7 Å². The molecule has 1 aliphatic heterocycles. The molecule has 1 aromatic heterocycles. The van der Waals surface area contributed by atoms with E-state index in [0.29, 0.717) is 35.2 Å². The molecule has 0 saturated heterocycles. The van der Waals surface area contributed by atoms with Gasteiger partial charge in [-0.1, -0.05) is 37.6 Å². The molecule has 3 N–H and O–H groups in total. The van der Waals surface area contributed by atoms with Crippen LogP contribution in [0.5, 0.6) is 5.75 Å². The van der Waals surface area contributed by atoms with Crippen LogP contribution in [-0.2, 0) is 0 Å². The Bertz CT molecular complexity index is 1430. The van der Waals surface area contributed by atoms with Gasteiger partial charge < -0.3 is 20.6 Å². The molecule has 0 radical (unpaired) electrons. The first-order valence-electron chi connectivity index (χ1n) is 11.7. The van der Waals surface area contributed by atoms with Crippen LogP contribution in [0.4, 0.5) is 16.2 Å². The molecule has 0 bridgehead atoms. The second-order valence-electron chi connectivity index (χ2n) is 8.74. The zero-order chi connectivity index (χ0) is 24.5. The first kappa shape index (κ1) is 23.5. The fraction of sp³-hybridized carbons (Fsp3) is 0.259. The van der Waals surface area contributed by atoms with Crippen LogP contribution in [0.3, 0.4) is 0 Å². The molecule has 6 nitrogen and oxygen atoms in total. The number of phenolic OH excluding ortho intramolecular Hbond substituents is 1. The van der Waals surface area contributed by atoms with Gasteiger partial charge in [0.25, 0.3) is 5.91 Å². The largest absolute Gasteiger partial charge is 0.507 e. The predicted molar refractivity (Wildman–Crippen MR) is 145 cm³/mol. The van der Waals surface area contributed by atoms with Gasteiger partial charge in [-0.2, -0.15) is 0 Å². The monoisotopic (exact) mass is 507 g/mol. The van der Waals surface area contributed by atoms with Crippen molar-refractivity contribution in [1.29, 1.82) is 0 Å². The number of urea groups is 1. The molecule has 3 amide bonds. The van der Waals surface area contributed by atoms with Crippen molar-refractivity contribution in [3.05, 3.63) is 65.0 Å². The average Bonchev–Trinajstić information content (AvgIpc) is 3.45. The summed E-state index contributed by atoms with van der Waals surface area (Å²) in [6.45, 7) is 3.17. The minimum atomic E-state index is -0.239. The number of carbonyl (C=O) groups is 2. The molecule has 0 fully saturated rings. The number of anilines is 2. The molecule has 1 aliphatic rings. The van der Waals surface area contributed by atoms with E-state index in [1.807, 2.05) is 48.5 Å². The van der Waals surface area contributed by atoms with E-state index in [-0.39, 0.29) is 23.6 Å². The lowest BCUT2D eigenvalue weighted by atomic mass is 9.95. The maximum Gasteiger partial charge on any atom is 0.319 e. The van der Waals surface area contributed by atoms with Gasteiger partial charge in [-0.25, -0.2) is 4.79 Å². The normalized spacial score (nSPS) is 14.9. The Balaban J connectivity index is 1.43. The standard InChI is InChI=1S/C27H26ClN3O3S/c1-2-3-10-29-27(34)30-18-8-9-23-16(11-18)12-24(35-23)26(33)31-15-17(14-28)25-20-7-5-4-6-19(20)22(32)13-21(25)31/h4-9,11-13,17,32H,2-3,10,14-15H2,1H3,(H2,29,30,34)/t17-/m1/s1. The maximum atomic E-state index is 13.6. The molecule has 5 rings (SSSR count). The molecular weight excluding hydrogens is 482 g/mol. The van der Waals surface area contributed by atoms with E-state index in [1.165, 1.54) is 11.3 Å². The summed E-state index contributed by atoms with van der Waals surface area (Å²) in [6.07, 6.45) is 1.95. The van der Waals surface area contributed by atoms with Gasteiger partial charge in [-0.3, -0.25) is 4.79 Å². The summed E-state index contributed by atoms with van der Waals surface area (Å²) in [5.74, 6) is 0.392. The van der Waals surface area contributed by atoms with E-state index in [9.17, 15) is 14.7 Å². The lowest BCUT2D eigenvalue weighted by molar-refractivity contribution is 0.0992. The number of unbranched alkanes of at least 4 members (excludes halogenated alkanes) is 1. The van der Waals surface area contributed by atoms with Gasteiger partial charge in [0.1, 0.15) is 5.75 Å². The quantitative estimate of drug-likeness (QED) is 0.201. The van der Waals surface area contributed by atoms with Gasteiger partial charge in [0.05, 0.1) is 10.6 Å². The average molecular weight is 508 g/mol. The number of nitrogens with zero attached hydrogens (tertiary/aromatic N) is 1. The second kappa shape index (κ2) is 9.76. The van der Waals surface area contributed by atoms with E-state index in [1.54, 1.807) is 11.0 Å². The van der Waals surface area contributed by atoms with Crippen molar-refractivity contribution in [2.24, 2.45) is 0 Å². The molecule has 3 aromatic carbocycles. The highest BCUT2D eigenvalue weighted by molar-refractivity contribution is 7.20. The van der Waals surface area contributed by atoms with Crippen molar-refractivity contribution in [1.82, 2.24) is 5.32 Å². The fourth-order valence-corrected chi connectivity index (χ4v) is 5.90. The first-order valence-corrected chi connectivity index (χ1v) is 13.1. The Labute approximate surface area is 212 Å². The summed E-state index contributed by atoms with van der Waals surface area (Å²) in [4.78, 5) is 28.0. The van der Waals surface area contributed by atoms with Gasteiger partial charge in [-0.15, -0.1) is 22.9 Å². The summed E-state index contributed by atoms with van der Waals surface area (Å²) < 4.78 is 0.958. The minimum Gasteiger partial charge on any atom is -0.507 e. The zero-order valence-electron chi connectivity index (χ0n) is 19.3. The van der Waals surface area contributed by atoms with Crippen molar-refractivity contribution < 1.29 is 14.7 Å². The van der Waals surface area contributed by atoms with Crippen molar-refractivity contribution in [3.63, 3.8) is 0 Å². The van der Waals surface area contributed by atoms with Crippen LogP contribution in [0.15, 0.2) is 54.6 Å². The third-order valence-corrected chi connectivity index (χ3v) is 7.85. The van der Waals surface area contributed by atoms with Gasteiger partial charge in [0.15, 0.2) is 0 Å². The Morgan fingerprint density at radius 1 is 1.14 bits per heavy atom. The lowest BCUT2D eigenvalue weighted by Gasteiger charge is -2.17. The van der Waals surface area contributed by atoms with Crippen LogP contribution in [0.2, 0.25) is 0 Å². The van der Waals surface area contributed by atoms with Crippen LogP contribution in [0.1, 0.15) is 40.9 Å². The minimum absolute atomic E-state index is 0.0162. The van der Waals surface area contributed by atoms with Crippen molar-refractivity contribution >= 4 is 67.1 Å². The molecular formula is C27H26ClN3O3S. The molecule has 1 atom stereocenters. The molecule has 0 spiro atoms. The van der Waals surface area contributed by atoms with Crippen LogP contribution < -0.4 is 15.5 Å². The van der Waals surface area contributed by atoms with Crippen LogP contribution in [0.25, 0.3) is 20.9 Å². The second-order valence-corrected chi connectivity index (χ2v) is 10.1. The van der Waals surface area contributed by atoms with E-state index in [0.717, 1.165) is 39.3 Å². The highest BCUT2D eigenvalue weighted by Gasteiger charge is 2.35. The SMILES string of the molecule is CCCCNC(=O)Nc1ccc2sc(C(=O)N3C[C@@H](CCl)c4c3cc(O)c3ccccc43)cc2c1. The number of hydrogen-bond donors (Lipinski definition) is 3. The van der Waals surface area contributed by atoms with Crippen molar-refractivity contribution in [2.45, 2.75) is 25.7 Å². The summed E-state index contributed by atoms with van der Waals surface area (Å²) in [6, 6.07) is 16.6. The summed E-state index contributed by atoms with van der Waals surface area (Å²) in [5.41, 5.74) is 2.39. The van der Waals surface area contributed by atoms with Crippen LogP contribution in [0, 0.1) is 0 Å². The predicted octanol–water partition coefficient (Wildman–Crippen LogP) is 6.66. The van der Waals surface area contributed by atoms with Crippen molar-refractivity contribution in [3.8, 4) is 5.75 Å². The number of thiophene rings is 1. The first-order chi connectivity index (χ1) is 17.0. The number of aromatic hydroxyl groups is 1. The fourth-order valence-electron chi connectivity index (χ4n) is 4.66. The van der Waals surface area contributed by atoms with E-state index >= 15 is 0 Å². The Kier molecular flexibility index (Phi) is 6.54. The van der Waals surface area contributed by atoms with Crippen molar-refractivity contribution in [2.75, 3.05) is 29.2 Å². The molecule has 35 heavy (non-hydrogen) atoms. The highest BCUT2D eigenvalue weighted by atomic mass is 35.5. The Hall–Kier alpha value is -3.29. The molecule has 4 aromatic rings. The van der Waals surface area contributed by atoms with Gasteiger partial charge in [0.2, 0.25) is 0 Å². The highest BCUT2D eigenvalue weighted by Crippen LogP contribution is 2.46. The molecule has 8 heteroatoms. The Morgan fingerprint density at radius 2 is 1.94 bits per heavy atom. The van der Waals surface area contributed by atoms with Gasteiger partial charge in [-0.05, 0) is 47.0 Å². The summed E-state index contributed by atoms with van der Waals surface area (Å²) in [7, 11) is 0. The number of fused-ring (bicyclic) bond motifs is 4. The number of nitrogens with one attached hydrogen (secondary N) is 2. The summed E-state index contributed by atoms with van der Waals surface area (Å²) >= 11 is 7.73. The molecule has 0 unspecified atom stereocenters. The third kappa shape index (κ3) is 4.42. The zero-order valence-corrected chi connectivity index (χ0v) is 20.9. The molecule has 180 valence electrons. The van der Waals surface area contributed by atoms with Crippen LogP contribution in [-0.4, -0.2) is 36.0 Å². The number of phenols is 1. The number of amides is 3. The number of halogens is 1. The van der Waals surface area contributed by atoms with Gasteiger partial charge >= 0.3 is 6.03 Å². The number of alkyl halides is 1. The summed E-state index contributed by atoms with van der Waals surface area (Å²) in [5, 5.41) is 18.9. The number of benzene rings is 3. The Morgan fingerprint density at radius 3 is 2.71 bits per heavy atom. The number of rotatable bonds is 6. The van der Waals surface area contributed by atoms with E-state index in [4.69, 9.17) is 11.6 Å². The molecule has 0 saturated carbocycles. The smallest absolute Gasteiger partial charge is 0.319 e. The molecule has 2 heterocycles. The van der Waals surface area contributed by atoms with Gasteiger partial charge in [0, 0.05) is 46.7 Å². The van der Waals surface area contributed by atoms with E-state index in [2.05, 4.69) is 17.6 Å². The number of hydrogen-bond acceptors (Lipinski definition) is 4. The number of carbonyl (C=O) groups excluding carboxylic acids is 2.